The molecule has 0 saturated heterocycles. The maximum absolute atomic E-state index is 5.39. The van der Waals surface area contributed by atoms with Gasteiger partial charge in [-0.3, -0.25) is 0 Å². The molecule has 1 rings (SSSR count). The van der Waals surface area contributed by atoms with Gasteiger partial charge in [0.05, 0.1) is 6.17 Å². The van der Waals surface area contributed by atoms with Gasteiger partial charge in [0.1, 0.15) is 0 Å². The molecule has 0 bridgehead atoms. The molecule has 0 amide bonds. The Morgan fingerprint density at radius 2 is 1.23 bits per heavy atom. The van der Waals surface area contributed by atoms with Gasteiger partial charge in [0, 0.05) is 0 Å². The van der Waals surface area contributed by atoms with Gasteiger partial charge in [0.25, 0.3) is 0 Å². The molecule has 2 nitrogen and oxygen atoms in total. The Bertz CT molecular complexity index is 171. The van der Waals surface area contributed by atoms with Crippen molar-refractivity contribution in [2.45, 2.75) is 33.9 Å². The summed E-state index contributed by atoms with van der Waals surface area (Å²) < 4.78 is 0. The highest BCUT2D eigenvalue weighted by Gasteiger charge is 1.93. The molecule has 0 saturated carbocycles. The first-order valence-corrected chi connectivity index (χ1v) is 4.87. The minimum Gasteiger partial charge on any atom is -0.312 e. The molecule has 0 spiro atoms. The quantitative estimate of drug-likeness (QED) is 0.656. The summed E-state index contributed by atoms with van der Waals surface area (Å²) in [5.41, 5.74) is 11.8. The highest BCUT2D eigenvalue weighted by atomic mass is 14.8. The average Bonchev–Trinajstić information content (AvgIpc) is 2.25. The smallest absolute Gasteiger partial charge is 0.0784 e. The van der Waals surface area contributed by atoms with Crippen molar-refractivity contribution in [2.75, 3.05) is 0 Å². The van der Waals surface area contributed by atoms with Gasteiger partial charge in [-0.2, -0.15) is 0 Å². The van der Waals surface area contributed by atoms with Crippen molar-refractivity contribution in [1.29, 1.82) is 0 Å². The number of nitrogens with two attached hydrogens (primary N) is 2. The Kier molecular flexibility index (Phi) is 12.6. The summed E-state index contributed by atoms with van der Waals surface area (Å²) in [6.45, 7) is 8.00. The molecule has 0 aliphatic carbocycles. The molecule has 0 fully saturated rings. The van der Waals surface area contributed by atoms with E-state index in [4.69, 9.17) is 11.5 Å². The van der Waals surface area contributed by atoms with E-state index in [2.05, 4.69) is 0 Å². The van der Waals surface area contributed by atoms with E-state index in [1.165, 1.54) is 0 Å². The average molecular weight is 182 g/mol. The third-order valence-corrected chi connectivity index (χ3v) is 1.18. The summed E-state index contributed by atoms with van der Waals surface area (Å²) in [6.07, 6.45) is -0.341. The normalized spacial score (nSPS) is 7.92. The molecular weight excluding hydrogens is 160 g/mol. The third-order valence-electron chi connectivity index (χ3n) is 1.18. The molecule has 0 unspecified atom stereocenters. The Hall–Kier alpha value is -0.860. The molecule has 0 atom stereocenters. The van der Waals surface area contributed by atoms with Gasteiger partial charge in [0.2, 0.25) is 0 Å². The molecule has 0 aromatic heterocycles. The topological polar surface area (TPSA) is 52.0 Å². The molecule has 0 heterocycles. The van der Waals surface area contributed by atoms with Gasteiger partial charge >= 0.3 is 0 Å². The van der Waals surface area contributed by atoms with Crippen LogP contribution in [-0.2, 0) is 0 Å². The first-order chi connectivity index (χ1) is 6.30. The van der Waals surface area contributed by atoms with Gasteiger partial charge in [-0.05, 0) is 5.56 Å². The standard InChI is InChI=1S/C7H10N2.2C2H6/c8-7(9)6-4-2-1-3-5-6;2*1-2/h1-5,7H,8-9H2;2*1-2H3. The van der Waals surface area contributed by atoms with Crippen molar-refractivity contribution in [1.82, 2.24) is 0 Å². The third kappa shape index (κ3) is 7.50. The first kappa shape index (κ1) is 14.7. The second-order valence-corrected chi connectivity index (χ2v) is 1.94. The van der Waals surface area contributed by atoms with Gasteiger partial charge < -0.3 is 11.5 Å². The lowest BCUT2D eigenvalue weighted by atomic mass is 10.2. The minimum absolute atomic E-state index is 0.341. The predicted molar refractivity (Wildman–Crippen MR) is 60.3 cm³/mol. The van der Waals surface area contributed by atoms with Gasteiger partial charge in [0.15, 0.2) is 0 Å². The van der Waals surface area contributed by atoms with Crippen LogP contribution in [0.5, 0.6) is 0 Å². The molecule has 0 aliphatic heterocycles. The zero-order valence-corrected chi connectivity index (χ0v) is 9.12. The van der Waals surface area contributed by atoms with E-state index in [0.717, 1.165) is 5.56 Å². The highest BCUT2D eigenvalue weighted by Crippen LogP contribution is 2.01. The van der Waals surface area contributed by atoms with Crippen molar-refractivity contribution in [2.24, 2.45) is 11.5 Å². The minimum atomic E-state index is -0.341. The number of hydrogen-bond donors (Lipinski definition) is 2. The fraction of sp³-hybridized carbons (Fsp3) is 0.455. The molecule has 1 aromatic rings. The fourth-order valence-corrected chi connectivity index (χ4v) is 0.675. The fourth-order valence-electron chi connectivity index (χ4n) is 0.675. The first-order valence-electron chi connectivity index (χ1n) is 4.87. The van der Waals surface area contributed by atoms with Crippen molar-refractivity contribution in [3.63, 3.8) is 0 Å². The van der Waals surface area contributed by atoms with Crippen LogP contribution in [-0.4, -0.2) is 0 Å². The van der Waals surface area contributed by atoms with Crippen molar-refractivity contribution >= 4 is 0 Å². The Labute approximate surface area is 81.9 Å². The summed E-state index contributed by atoms with van der Waals surface area (Å²) in [5.74, 6) is 0. The SMILES string of the molecule is CC.CC.NC(N)c1ccccc1. The van der Waals surface area contributed by atoms with Crippen LogP contribution < -0.4 is 11.5 Å². The van der Waals surface area contributed by atoms with E-state index in [9.17, 15) is 0 Å². The predicted octanol–water partition coefficient (Wildman–Crippen LogP) is 2.66. The molecule has 2 heteroatoms. The van der Waals surface area contributed by atoms with Gasteiger partial charge in [-0.25, -0.2) is 0 Å². The Balaban J connectivity index is 0. The monoisotopic (exact) mass is 182 g/mol. The number of rotatable bonds is 1. The van der Waals surface area contributed by atoms with Crippen LogP contribution in [0.2, 0.25) is 0 Å². The van der Waals surface area contributed by atoms with Crippen LogP contribution in [0.3, 0.4) is 0 Å². The summed E-state index contributed by atoms with van der Waals surface area (Å²) in [4.78, 5) is 0. The zero-order valence-electron chi connectivity index (χ0n) is 9.12. The van der Waals surface area contributed by atoms with E-state index in [1.54, 1.807) is 0 Å². The van der Waals surface area contributed by atoms with Crippen molar-refractivity contribution in [3.05, 3.63) is 35.9 Å². The Morgan fingerprint density at radius 1 is 0.846 bits per heavy atom. The molecule has 0 aliphatic rings. The van der Waals surface area contributed by atoms with E-state index in [0.29, 0.717) is 0 Å². The van der Waals surface area contributed by atoms with Crippen LogP contribution in [0.4, 0.5) is 0 Å². The number of benzene rings is 1. The zero-order chi connectivity index (χ0) is 10.7. The van der Waals surface area contributed by atoms with Crippen LogP contribution in [0, 0.1) is 0 Å². The molecule has 76 valence electrons. The van der Waals surface area contributed by atoms with Crippen molar-refractivity contribution in [3.8, 4) is 0 Å². The van der Waals surface area contributed by atoms with Crippen LogP contribution in [0.1, 0.15) is 39.4 Å². The largest absolute Gasteiger partial charge is 0.312 e. The van der Waals surface area contributed by atoms with E-state index in [-0.39, 0.29) is 6.17 Å². The van der Waals surface area contributed by atoms with Crippen LogP contribution in [0.25, 0.3) is 0 Å². The van der Waals surface area contributed by atoms with Crippen LogP contribution in [0.15, 0.2) is 30.3 Å². The lowest BCUT2D eigenvalue weighted by Crippen LogP contribution is -2.19. The van der Waals surface area contributed by atoms with Gasteiger partial charge in [-0.15, -0.1) is 0 Å². The lowest BCUT2D eigenvalue weighted by Gasteiger charge is -2.02. The summed E-state index contributed by atoms with van der Waals surface area (Å²) in [6, 6.07) is 9.59. The van der Waals surface area contributed by atoms with Gasteiger partial charge in [-0.1, -0.05) is 58.0 Å². The maximum Gasteiger partial charge on any atom is 0.0784 e. The summed E-state index contributed by atoms with van der Waals surface area (Å²) in [5, 5.41) is 0. The maximum atomic E-state index is 5.39. The molecule has 4 N–H and O–H groups in total. The second-order valence-electron chi connectivity index (χ2n) is 1.94. The van der Waals surface area contributed by atoms with E-state index in [1.807, 2.05) is 58.0 Å². The van der Waals surface area contributed by atoms with Crippen LogP contribution >= 0.6 is 0 Å². The highest BCUT2D eigenvalue weighted by molar-refractivity contribution is 5.16. The Morgan fingerprint density at radius 3 is 1.46 bits per heavy atom. The molecular formula is C11H22N2. The van der Waals surface area contributed by atoms with E-state index >= 15 is 0 Å². The molecule has 1 aromatic carbocycles. The molecule has 0 radical (unpaired) electrons. The molecule has 13 heavy (non-hydrogen) atoms. The van der Waals surface area contributed by atoms with E-state index < -0.39 is 0 Å². The summed E-state index contributed by atoms with van der Waals surface area (Å²) >= 11 is 0. The van der Waals surface area contributed by atoms with Crippen molar-refractivity contribution < 1.29 is 0 Å². The summed E-state index contributed by atoms with van der Waals surface area (Å²) in [7, 11) is 0. The lowest BCUT2D eigenvalue weighted by molar-refractivity contribution is 0.774. The number of hydrogen-bond acceptors (Lipinski definition) is 2. The second kappa shape index (κ2) is 11.1.